The molecule has 8 nitrogen and oxygen atoms in total. The van der Waals surface area contributed by atoms with Gasteiger partial charge in [-0.05, 0) is 61.8 Å². The number of aromatic nitrogens is 2. The minimum absolute atomic E-state index is 0.114. The van der Waals surface area contributed by atoms with E-state index in [1.54, 1.807) is 29.1 Å². The predicted molar refractivity (Wildman–Crippen MR) is 149 cm³/mol. The summed E-state index contributed by atoms with van der Waals surface area (Å²) in [5.41, 5.74) is 2.93. The number of aliphatic hydroxyl groups excluding tert-OH is 1. The summed E-state index contributed by atoms with van der Waals surface area (Å²) in [5, 5.41) is 16.4. The van der Waals surface area contributed by atoms with E-state index in [0.29, 0.717) is 11.3 Å². The number of hydrogen-bond acceptors (Lipinski definition) is 6. The molecular formula is C30H37N5O3. The highest BCUT2D eigenvalue weighted by Gasteiger charge is 2.26. The van der Waals surface area contributed by atoms with Gasteiger partial charge in [0.2, 0.25) is 0 Å². The first-order chi connectivity index (χ1) is 18.4. The van der Waals surface area contributed by atoms with E-state index in [1.165, 1.54) is 0 Å². The molecule has 0 bridgehead atoms. The SMILES string of the molecule is Cc1ccc(C(=O)NC2CC2)cc1-n1ccnc(N[C@@H](c2ccccc2)[C@@H](C)CN2CCC(O)CC2)c1=O. The van der Waals surface area contributed by atoms with Gasteiger partial charge >= 0.3 is 0 Å². The molecule has 38 heavy (non-hydrogen) atoms. The molecule has 0 spiro atoms. The fourth-order valence-corrected chi connectivity index (χ4v) is 5.18. The summed E-state index contributed by atoms with van der Waals surface area (Å²) in [5.74, 6) is 0.339. The lowest BCUT2D eigenvalue weighted by Gasteiger charge is -2.34. The topological polar surface area (TPSA) is 99.5 Å². The minimum atomic E-state index is -0.260. The lowest BCUT2D eigenvalue weighted by Crippen LogP contribution is -2.40. The third-order valence-corrected chi connectivity index (χ3v) is 7.61. The molecule has 2 aromatic carbocycles. The third-order valence-electron chi connectivity index (χ3n) is 7.61. The van der Waals surface area contributed by atoms with E-state index in [1.807, 2.05) is 31.2 Å². The summed E-state index contributed by atoms with van der Waals surface area (Å²) in [6.45, 7) is 6.70. The molecular weight excluding hydrogens is 478 g/mol. The van der Waals surface area contributed by atoms with Crippen LogP contribution in [0.3, 0.4) is 0 Å². The Morgan fingerprint density at radius 2 is 1.84 bits per heavy atom. The lowest BCUT2D eigenvalue weighted by atomic mass is 9.93. The van der Waals surface area contributed by atoms with Gasteiger partial charge in [-0.3, -0.25) is 14.2 Å². The molecule has 3 N–H and O–H groups in total. The number of hydrogen-bond donors (Lipinski definition) is 3. The number of benzene rings is 2. The van der Waals surface area contributed by atoms with Crippen LogP contribution in [0.2, 0.25) is 0 Å². The van der Waals surface area contributed by atoms with Gasteiger partial charge in [0.25, 0.3) is 11.5 Å². The maximum atomic E-state index is 13.7. The van der Waals surface area contributed by atoms with Crippen LogP contribution in [0, 0.1) is 12.8 Å². The number of carbonyl (C=O) groups excluding carboxylic acids is 1. The Bertz CT molecular complexity index is 1310. The van der Waals surface area contributed by atoms with Crippen LogP contribution >= 0.6 is 0 Å². The van der Waals surface area contributed by atoms with Crippen molar-refractivity contribution in [1.82, 2.24) is 19.8 Å². The van der Waals surface area contributed by atoms with E-state index in [9.17, 15) is 14.7 Å². The van der Waals surface area contributed by atoms with E-state index >= 15 is 0 Å². The average molecular weight is 516 g/mol. The largest absolute Gasteiger partial charge is 0.393 e. The number of aryl methyl sites for hydroxylation is 1. The second-order valence-corrected chi connectivity index (χ2v) is 10.7. The highest BCUT2D eigenvalue weighted by Crippen LogP contribution is 2.27. The van der Waals surface area contributed by atoms with E-state index in [2.05, 4.69) is 39.6 Å². The van der Waals surface area contributed by atoms with Crippen molar-refractivity contribution >= 4 is 11.7 Å². The van der Waals surface area contributed by atoms with E-state index in [-0.39, 0.29) is 41.4 Å². The molecule has 2 aliphatic rings. The molecule has 1 saturated carbocycles. The molecule has 2 fully saturated rings. The molecule has 200 valence electrons. The maximum absolute atomic E-state index is 13.7. The van der Waals surface area contributed by atoms with Crippen molar-refractivity contribution in [1.29, 1.82) is 0 Å². The van der Waals surface area contributed by atoms with E-state index in [4.69, 9.17) is 0 Å². The van der Waals surface area contributed by atoms with Crippen molar-refractivity contribution in [3.8, 4) is 5.69 Å². The van der Waals surface area contributed by atoms with E-state index < -0.39 is 0 Å². The second-order valence-electron chi connectivity index (χ2n) is 10.7. The van der Waals surface area contributed by atoms with Gasteiger partial charge in [0.1, 0.15) is 0 Å². The first-order valence-electron chi connectivity index (χ1n) is 13.6. The van der Waals surface area contributed by atoms with E-state index in [0.717, 1.165) is 56.4 Å². The van der Waals surface area contributed by atoms with Gasteiger partial charge in [-0.1, -0.05) is 43.3 Å². The van der Waals surface area contributed by atoms with Crippen molar-refractivity contribution in [3.05, 3.63) is 88.0 Å². The fourth-order valence-electron chi connectivity index (χ4n) is 5.18. The van der Waals surface area contributed by atoms with Crippen molar-refractivity contribution in [2.45, 2.75) is 57.7 Å². The van der Waals surface area contributed by atoms with Crippen LogP contribution in [0.1, 0.15) is 60.1 Å². The van der Waals surface area contributed by atoms with Crippen LogP contribution in [0.4, 0.5) is 5.82 Å². The van der Waals surface area contributed by atoms with Gasteiger partial charge in [0, 0.05) is 43.6 Å². The van der Waals surface area contributed by atoms with Crippen LogP contribution in [-0.2, 0) is 0 Å². The Kier molecular flexibility index (Phi) is 7.90. The molecule has 0 unspecified atom stereocenters. The predicted octanol–water partition coefficient (Wildman–Crippen LogP) is 3.68. The molecule has 1 saturated heterocycles. The molecule has 3 aromatic rings. The number of carbonyl (C=O) groups is 1. The summed E-state index contributed by atoms with van der Waals surface area (Å²) >= 11 is 0. The smallest absolute Gasteiger partial charge is 0.297 e. The third kappa shape index (κ3) is 6.14. The highest BCUT2D eigenvalue weighted by molar-refractivity contribution is 5.95. The number of piperidine rings is 1. The Morgan fingerprint density at radius 1 is 1.11 bits per heavy atom. The van der Waals surface area contributed by atoms with Crippen molar-refractivity contribution in [2.75, 3.05) is 25.0 Å². The number of nitrogens with zero attached hydrogens (tertiary/aromatic N) is 3. The maximum Gasteiger partial charge on any atom is 0.297 e. The Balaban J connectivity index is 1.42. The summed E-state index contributed by atoms with van der Waals surface area (Å²) in [6.07, 6.45) is 6.68. The quantitative estimate of drug-likeness (QED) is 0.402. The Morgan fingerprint density at radius 3 is 2.55 bits per heavy atom. The van der Waals surface area contributed by atoms with Gasteiger partial charge in [-0.15, -0.1) is 0 Å². The number of aliphatic hydroxyl groups is 1. The number of nitrogens with one attached hydrogen (secondary N) is 2. The van der Waals surface area contributed by atoms with Gasteiger partial charge in [0.05, 0.1) is 17.8 Å². The normalized spacial score (nSPS) is 18.1. The molecule has 0 radical (unpaired) electrons. The minimum Gasteiger partial charge on any atom is -0.393 e. The lowest BCUT2D eigenvalue weighted by molar-refractivity contribution is 0.0744. The van der Waals surface area contributed by atoms with Gasteiger partial charge < -0.3 is 20.6 Å². The standard InChI is InChI=1S/C30H37N5O3/c1-20-8-9-23(29(37)32-24-10-11-24)18-26(20)35-17-14-31-28(30(35)38)33-27(22-6-4-3-5-7-22)21(2)19-34-15-12-25(36)13-16-34/h3-9,14,17-18,21,24-25,27,36H,10-13,15-16,19H2,1-2H3,(H,31,33)(H,32,37)/t21-,27+/m0/s1. The van der Waals surface area contributed by atoms with Crippen LogP contribution < -0.4 is 16.2 Å². The summed E-state index contributed by atoms with van der Waals surface area (Å²) in [4.78, 5) is 33.2. The molecule has 1 aromatic heterocycles. The van der Waals surface area contributed by atoms with Crippen LogP contribution in [0.5, 0.6) is 0 Å². The zero-order valence-electron chi connectivity index (χ0n) is 22.1. The molecule has 8 heteroatoms. The first kappa shape index (κ1) is 26.1. The first-order valence-corrected chi connectivity index (χ1v) is 13.6. The molecule has 1 amide bonds. The van der Waals surface area contributed by atoms with Crippen molar-refractivity contribution in [2.24, 2.45) is 5.92 Å². The Labute approximate surface area is 223 Å². The second kappa shape index (κ2) is 11.5. The fraction of sp³-hybridized carbons (Fsp3) is 0.433. The number of anilines is 1. The molecule has 2 atom stereocenters. The zero-order chi connectivity index (χ0) is 26.6. The summed E-state index contributed by atoms with van der Waals surface area (Å²) < 4.78 is 1.57. The molecule has 1 aliphatic heterocycles. The van der Waals surface area contributed by atoms with Crippen LogP contribution in [0.15, 0.2) is 65.7 Å². The monoisotopic (exact) mass is 515 g/mol. The van der Waals surface area contributed by atoms with Crippen LogP contribution in [-0.4, -0.2) is 57.2 Å². The van der Waals surface area contributed by atoms with Crippen LogP contribution in [0.25, 0.3) is 5.69 Å². The Hall–Kier alpha value is -3.49. The summed E-state index contributed by atoms with van der Waals surface area (Å²) in [6, 6.07) is 15.7. The van der Waals surface area contributed by atoms with Gasteiger partial charge in [0.15, 0.2) is 5.82 Å². The van der Waals surface area contributed by atoms with Gasteiger partial charge in [-0.2, -0.15) is 0 Å². The number of amides is 1. The molecule has 1 aliphatic carbocycles. The number of likely N-dealkylation sites (tertiary alicyclic amines) is 1. The average Bonchev–Trinajstić information content (AvgIpc) is 3.74. The summed E-state index contributed by atoms with van der Waals surface area (Å²) in [7, 11) is 0. The van der Waals surface area contributed by atoms with Gasteiger partial charge in [-0.25, -0.2) is 4.98 Å². The van der Waals surface area contributed by atoms with Crippen molar-refractivity contribution < 1.29 is 9.90 Å². The number of rotatable bonds is 9. The van der Waals surface area contributed by atoms with Crippen molar-refractivity contribution in [3.63, 3.8) is 0 Å². The zero-order valence-corrected chi connectivity index (χ0v) is 22.1. The molecule has 2 heterocycles. The molecule has 5 rings (SSSR count). The highest BCUT2D eigenvalue weighted by atomic mass is 16.3.